The average molecular weight is 452 g/mol. The molecule has 33 heavy (non-hydrogen) atoms. The maximum Gasteiger partial charge on any atom is 0.336 e. The third-order valence-electron chi connectivity index (χ3n) is 5.97. The molecule has 0 aliphatic rings. The first-order valence-electron chi connectivity index (χ1n) is 11.4. The molecule has 0 amide bonds. The van der Waals surface area contributed by atoms with Crippen molar-refractivity contribution in [3.05, 3.63) is 71.3 Å². The fourth-order valence-corrected chi connectivity index (χ4v) is 3.98. The summed E-state index contributed by atoms with van der Waals surface area (Å²) in [5.41, 5.74) is 2.91. The smallest absolute Gasteiger partial charge is 0.336 e. The van der Waals surface area contributed by atoms with Gasteiger partial charge in [0.1, 0.15) is 5.82 Å². The summed E-state index contributed by atoms with van der Waals surface area (Å²) in [6.45, 7) is 4.72. The van der Waals surface area contributed by atoms with E-state index in [1.165, 1.54) is 0 Å². The lowest BCUT2D eigenvalue weighted by Crippen LogP contribution is -2.31. The lowest BCUT2D eigenvalue weighted by Gasteiger charge is -2.26. The third kappa shape index (κ3) is 5.49. The Balaban J connectivity index is 1.89. The quantitative estimate of drug-likeness (QED) is 0.298. The highest BCUT2D eigenvalue weighted by Gasteiger charge is 2.35. The normalized spacial score (nSPS) is 11.6. The highest BCUT2D eigenvalue weighted by Crippen LogP contribution is 2.28. The van der Waals surface area contributed by atoms with Crippen molar-refractivity contribution in [2.45, 2.75) is 58.3 Å². The summed E-state index contributed by atoms with van der Waals surface area (Å²) in [5, 5.41) is 14.3. The molecule has 176 valence electrons. The molecule has 0 bridgehead atoms. The van der Waals surface area contributed by atoms with Gasteiger partial charge in [-0.3, -0.25) is 0 Å². The predicted octanol–water partition coefficient (Wildman–Crippen LogP) is 5.28. The molecule has 0 spiro atoms. The maximum atomic E-state index is 11.6. The Labute approximate surface area is 195 Å². The highest BCUT2D eigenvalue weighted by molar-refractivity contribution is 5.95. The number of aromatic carboxylic acids is 1. The minimum atomic E-state index is -0.963. The molecule has 2 aromatic carbocycles. The first kappa shape index (κ1) is 24.6. The lowest BCUT2D eigenvalue weighted by atomic mass is 9.99. The van der Waals surface area contributed by atoms with Gasteiger partial charge in [-0.2, -0.15) is 0 Å². The monoisotopic (exact) mass is 451 g/mol. The fraction of sp³-hybridized carbons (Fsp3) is 0.423. The number of hydrogen-bond acceptors (Lipinski definition) is 5. The number of hydrogen-bond donors (Lipinski definition) is 1. The molecule has 1 N–H and O–H groups in total. The Morgan fingerprint density at radius 1 is 1.03 bits per heavy atom. The summed E-state index contributed by atoms with van der Waals surface area (Å²) in [4.78, 5) is 16.4. The van der Waals surface area contributed by atoms with E-state index in [0.717, 1.165) is 42.6 Å². The van der Waals surface area contributed by atoms with E-state index >= 15 is 0 Å². The van der Waals surface area contributed by atoms with Crippen molar-refractivity contribution in [3.63, 3.8) is 0 Å². The molecule has 0 radical (unpaired) electrons. The topological polar surface area (TPSA) is 86.5 Å². The number of carboxylic acids is 1. The first-order chi connectivity index (χ1) is 16.0. The van der Waals surface area contributed by atoms with E-state index in [0.29, 0.717) is 29.9 Å². The van der Waals surface area contributed by atoms with E-state index < -0.39 is 11.8 Å². The zero-order valence-corrected chi connectivity index (χ0v) is 19.9. The number of aromatic nitrogens is 3. The van der Waals surface area contributed by atoms with E-state index in [1.807, 2.05) is 48.0 Å². The maximum absolute atomic E-state index is 11.6. The molecular formula is C26H33N3O4. The van der Waals surface area contributed by atoms with E-state index in [-0.39, 0.29) is 0 Å². The van der Waals surface area contributed by atoms with E-state index in [1.54, 1.807) is 26.4 Å². The number of carbonyl (C=O) groups is 1. The van der Waals surface area contributed by atoms with Crippen molar-refractivity contribution in [2.75, 3.05) is 14.2 Å². The van der Waals surface area contributed by atoms with Gasteiger partial charge in [0.25, 0.3) is 0 Å². The summed E-state index contributed by atoms with van der Waals surface area (Å²) in [5.74, 6) is -0.453. The van der Waals surface area contributed by atoms with Crippen LogP contribution in [0.3, 0.4) is 0 Å². The Morgan fingerprint density at radius 3 is 2.33 bits per heavy atom. The summed E-state index contributed by atoms with van der Waals surface area (Å²) < 4.78 is 13.2. The molecule has 0 fully saturated rings. The predicted molar refractivity (Wildman–Crippen MR) is 127 cm³/mol. The van der Waals surface area contributed by atoms with Gasteiger partial charge in [0.2, 0.25) is 11.6 Å². The van der Waals surface area contributed by atoms with Crippen molar-refractivity contribution in [1.82, 2.24) is 14.8 Å². The molecule has 7 heteroatoms. The van der Waals surface area contributed by atoms with Gasteiger partial charge >= 0.3 is 5.97 Å². The summed E-state index contributed by atoms with van der Waals surface area (Å²) in [6, 6.07) is 14.9. The van der Waals surface area contributed by atoms with Crippen LogP contribution < -0.4 is 0 Å². The van der Waals surface area contributed by atoms with E-state index in [9.17, 15) is 9.90 Å². The first-order valence-corrected chi connectivity index (χ1v) is 11.4. The van der Waals surface area contributed by atoms with Gasteiger partial charge in [0.15, 0.2) is 0 Å². The lowest BCUT2D eigenvalue weighted by molar-refractivity contribution is -0.222. The van der Waals surface area contributed by atoms with Crippen molar-refractivity contribution in [2.24, 2.45) is 0 Å². The molecule has 1 heterocycles. The molecule has 0 aliphatic carbocycles. The van der Waals surface area contributed by atoms with Crippen LogP contribution in [0.1, 0.15) is 67.1 Å². The van der Waals surface area contributed by atoms with Crippen LogP contribution in [-0.2, 0) is 28.2 Å². The number of aryl methyl sites for hydroxylation is 1. The van der Waals surface area contributed by atoms with Crippen LogP contribution in [0.2, 0.25) is 0 Å². The van der Waals surface area contributed by atoms with Crippen LogP contribution in [-0.4, -0.2) is 40.1 Å². The Bertz CT molecular complexity index is 1050. The van der Waals surface area contributed by atoms with E-state index in [2.05, 4.69) is 6.92 Å². The van der Waals surface area contributed by atoms with Crippen LogP contribution in [0.15, 0.2) is 48.5 Å². The molecule has 0 saturated heterocycles. The van der Waals surface area contributed by atoms with Gasteiger partial charge < -0.3 is 14.6 Å². The summed E-state index contributed by atoms with van der Waals surface area (Å²) >= 11 is 0. The molecule has 0 atom stereocenters. The van der Waals surface area contributed by atoms with Crippen LogP contribution in [0.4, 0.5) is 0 Å². The second kappa shape index (κ2) is 11.2. The third-order valence-corrected chi connectivity index (χ3v) is 5.97. The number of methoxy groups -OCH3 is 2. The summed E-state index contributed by atoms with van der Waals surface area (Å²) in [6.07, 6.45) is 4.73. The van der Waals surface area contributed by atoms with Gasteiger partial charge in [-0.15, -0.1) is 5.10 Å². The zero-order chi connectivity index (χ0) is 23.8. The minimum Gasteiger partial charge on any atom is -0.478 e. The van der Waals surface area contributed by atoms with Gasteiger partial charge in [0.05, 0.1) is 12.1 Å². The van der Waals surface area contributed by atoms with Crippen molar-refractivity contribution >= 4 is 5.97 Å². The van der Waals surface area contributed by atoms with Crippen LogP contribution in [0, 0.1) is 0 Å². The van der Waals surface area contributed by atoms with Crippen LogP contribution in [0.25, 0.3) is 11.1 Å². The van der Waals surface area contributed by atoms with Crippen molar-refractivity contribution < 1.29 is 19.4 Å². The number of unbranched alkanes of at least 4 members (excludes halogenated alkanes) is 2. The SMILES string of the molecule is CCCCCc1nc(C(CC)(OC)OC)nn1Cc1ccc(-c2ccccc2C(=O)O)cc1. The molecule has 7 nitrogen and oxygen atoms in total. The number of rotatable bonds is 12. The molecule has 3 rings (SSSR count). The molecule has 1 aromatic heterocycles. The highest BCUT2D eigenvalue weighted by atomic mass is 16.7. The Kier molecular flexibility index (Phi) is 8.36. The molecule has 0 aliphatic heterocycles. The van der Waals surface area contributed by atoms with Gasteiger partial charge in [-0.05, 0) is 29.2 Å². The zero-order valence-electron chi connectivity index (χ0n) is 19.9. The molecule has 0 unspecified atom stereocenters. The number of nitrogens with zero attached hydrogens (tertiary/aromatic N) is 3. The standard InChI is InChI=1S/C26H33N3O4/c1-5-7-8-13-23-27-25(26(6-2,32-3)33-4)28-29(23)18-19-14-16-20(17-15-19)21-11-9-10-12-22(21)24(30)31/h9-12,14-17H,5-8,13,18H2,1-4H3,(H,30,31). The van der Waals surface area contributed by atoms with Crippen LogP contribution >= 0.6 is 0 Å². The number of ether oxygens (including phenoxy) is 2. The summed E-state index contributed by atoms with van der Waals surface area (Å²) in [7, 11) is 3.22. The number of benzene rings is 2. The van der Waals surface area contributed by atoms with Gasteiger partial charge in [-0.1, -0.05) is 69.2 Å². The van der Waals surface area contributed by atoms with Crippen molar-refractivity contribution in [1.29, 1.82) is 0 Å². The second-order valence-electron chi connectivity index (χ2n) is 8.03. The molecule has 0 saturated carbocycles. The average Bonchev–Trinajstić information content (AvgIpc) is 3.24. The van der Waals surface area contributed by atoms with E-state index in [4.69, 9.17) is 19.6 Å². The fourth-order valence-electron chi connectivity index (χ4n) is 3.98. The second-order valence-corrected chi connectivity index (χ2v) is 8.03. The Hall–Kier alpha value is -3.03. The minimum absolute atomic E-state index is 0.291. The molecule has 3 aromatic rings. The van der Waals surface area contributed by atoms with Gasteiger partial charge in [-0.25, -0.2) is 14.5 Å². The van der Waals surface area contributed by atoms with Crippen LogP contribution in [0.5, 0.6) is 0 Å². The Morgan fingerprint density at radius 2 is 1.73 bits per heavy atom. The number of carboxylic acid groups (broad SMARTS) is 1. The molecular weight excluding hydrogens is 418 g/mol. The van der Waals surface area contributed by atoms with Crippen molar-refractivity contribution in [3.8, 4) is 11.1 Å². The largest absolute Gasteiger partial charge is 0.478 e. The van der Waals surface area contributed by atoms with Gasteiger partial charge in [0, 0.05) is 27.1 Å².